The van der Waals surface area contributed by atoms with E-state index in [1.54, 1.807) is 0 Å². The summed E-state index contributed by atoms with van der Waals surface area (Å²) >= 11 is 0. The number of nitrogens with zero attached hydrogens (tertiary/aromatic N) is 9. The van der Waals surface area contributed by atoms with E-state index in [-0.39, 0.29) is 16.2 Å². The lowest BCUT2D eigenvalue weighted by atomic mass is 9.81. The van der Waals surface area contributed by atoms with Gasteiger partial charge in [0, 0.05) is 66.3 Å². The predicted octanol–water partition coefficient (Wildman–Crippen LogP) is 36.2. The summed E-state index contributed by atoms with van der Waals surface area (Å²) in [5, 5.41) is 2.36. The van der Waals surface area contributed by atoms with Crippen LogP contribution in [0.4, 0.5) is 17.1 Å². The number of aromatic nitrogens is 6. The fraction of sp³-hybridized carbons (Fsp3) is 0.0662. The molecule has 0 atom stereocenters. The highest BCUT2D eigenvalue weighted by Gasteiger charge is 2.40. The van der Waals surface area contributed by atoms with Gasteiger partial charge in [0.15, 0.2) is 34.5 Å². The van der Waals surface area contributed by atoms with E-state index in [9.17, 15) is 0 Å². The molecule has 19 aromatic carbocycles. The third kappa shape index (κ3) is 17.2. The zero-order chi connectivity index (χ0) is 98.4. The van der Waals surface area contributed by atoms with E-state index in [1.807, 2.05) is 91.0 Å². The molecular weight excluding hydrogens is 1760 g/mol. The van der Waals surface area contributed by atoms with Crippen LogP contribution < -0.4 is 0 Å². The zero-order valence-electron chi connectivity index (χ0n) is 81.0. The molecule has 0 saturated carbocycles. The van der Waals surface area contributed by atoms with E-state index in [0.717, 1.165) is 168 Å². The Morgan fingerprint density at radius 1 is 0.159 bits per heavy atom. The van der Waals surface area contributed by atoms with Crippen molar-refractivity contribution in [3.05, 3.63) is 535 Å². The van der Waals surface area contributed by atoms with E-state index >= 15 is 0 Å². The van der Waals surface area contributed by atoms with E-state index < -0.39 is 0 Å². The van der Waals surface area contributed by atoms with Crippen molar-refractivity contribution in [1.29, 1.82) is 0 Å². The molecule has 684 valence electrons. The van der Waals surface area contributed by atoms with Crippen LogP contribution >= 0.6 is 0 Å². The highest BCUT2D eigenvalue weighted by atomic mass is 14.9. The van der Waals surface area contributed by atoms with Crippen LogP contribution in [-0.4, -0.2) is 29.9 Å². The highest BCUT2D eigenvalue weighted by Crippen LogP contribution is 2.57. The fourth-order valence-electron chi connectivity index (χ4n) is 21.2. The lowest BCUT2D eigenvalue weighted by molar-refractivity contribution is 0.660. The van der Waals surface area contributed by atoms with Crippen LogP contribution in [0.5, 0.6) is 0 Å². The van der Waals surface area contributed by atoms with Crippen molar-refractivity contribution in [2.75, 3.05) is 0 Å². The minimum absolute atomic E-state index is 0.189. The molecule has 3 aliphatic carbocycles. The quantitative estimate of drug-likeness (QED) is 0.0950. The molecule has 0 aliphatic heterocycles. The van der Waals surface area contributed by atoms with Gasteiger partial charge in [-0.15, -0.1) is 0 Å². The molecule has 0 saturated heterocycles. The first-order chi connectivity index (χ1) is 70.9. The average Bonchev–Trinajstić information content (AvgIpc) is 1.58. The number of benzene rings is 19. The van der Waals surface area contributed by atoms with Gasteiger partial charge in [0.25, 0.3) is 0 Å². The Kier molecular flexibility index (Phi) is 23.4. The first-order valence-corrected chi connectivity index (χ1v) is 49.0. The van der Waals surface area contributed by atoms with Crippen LogP contribution in [0.2, 0.25) is 0 Å². The Balaban J connectivity index is 0.000000121. The molecule has 22 aromatic rings. The molecule has 0 bridgehead atoms. The Morgan fingerprint density at radius 3 is 0.703 bits per heavy atom. The van der Waals surface area contributed by atoms with Crippen LogP contribution in [0, 0.1) is 19.7 Å². The summed E-state index contributed by atoms with van der Waals surface area (Å²) in [6, 6.07) is 163. The Labute approximate surface area is 846 Å². The molecule has 145 heavy (non-hydrogen) atoms. The van der Waals surface area contributed by atoms with Gasteiger partial charge in [0.2, 0.25) is 0 Å². The van der Waals surface area contributed by atoms with Gasteiger partial charge in [-0.25, -0.2) is 44.4 Å². The van der Waals surface area contributed by atoms with Gasteiger partial charge in [-0.05, 0) is 211 Å². The summed E-state index contributed by atoms with van der Waals surface area (Å²) in [4.78, 5) is 42.3. The van der Waals surface area contributed by atoms with Gasteiger partial charge in [-0.3, -0.25) is 0 Å². The van der Waals surface area contributed by atoms with Crippen molar-refractivity contribution in [3.8, 4) is 202 Å². The Bertz CT molecular complexity index is 8860. The maximum Gasteiger partial charge on any atom is 0.195 e. The topological polar surface area (TPSA) is 90.4 Å². The summed E-state index contributed by atoms with van der Waals surface area (Å²) in [7, 11) is 0. The molecule has 3 aliphatic rings. The molecule has 0 fully saturated rings. The van der Waals surface area contributed by atoms with E-state index in [4.69, 9.17) is 49.6 Å². The first kappa shape index (κ1) is 90.0. The first-order valence-electron chi connectivity index (χ1n) is 49.0. The summed E-state index contributed by atoms with van der Waals surface area (Å²) in [5.74, 6) is 2.07. The summed E-state index contributed by atoms with van der Waals surface area (Å²) < 4.78 is 0. The third-order valence-corrected chi connectivity index (χ3v) is 29.0. The maximum absolute atomic E-state index is 7.81. The summed E-state index contributed by atoms with van der Waals surface area (Å²) in [6.45, 7) is 36.9. The lowest BCUT2D eigenvalue weighted by Crippen LogP contribution is -2.14. The second kappa shape index (κ2) is 37.7. The van der Waals surface area contributed by atoms with Crippen molar-refractivity contribution in [2.45, 2.75) is 57.8 Å². The lowest BCUT2D eigenvalue weighted by Gasteiger charge is -2.22. The number of rotatable bonds is 15. The van der Waals surface area contributed by atoms with E-state index in [0.29, 0.717) is 34.5 Å². The molecular formula is C136H95N9. The highest BCUT2D eigenvalue weighted by molar-refractivity contribution is 5.96. The van der Waals surface area contributed by atoms with Crippen LogP contribution in [-0.2, 0) is 16.2 Å². The third-order valence-electron chi connectivity index (χ3n) is 29.0. The van der Waals surface area contributed by atoms with Gasteiger partial charge in [0.05, 0.1) is 53.9 Å². The molecule has 0 amide bonds. The van der Waals surface area contributed by atoms with Gasteiger partial charge in [0.1, 0.15) is 0 Å². The van der Waals surface area contributed by atoms with Crippen LogP contribution in [0.15, 0.2) is 467 Å². The second-order valence-corrected chi connectivity index (χ2v) is 38.8. The number of fused-ring (bicyclic) bond motifs is 10. The van der Waals surface area contributed by atoms with Gasteiger partial charge in [-0.2, -0.15) is 0 Å². The van der Waals surface area contributed by atoms with Crippen molar-refractivity contribution in [3.63, 3.8) is 0 Å². The minimum atomic E-state index is -0.211. The van der Waals surface area contributed by atoms with Crippen LogP contribution in [0.1, 0.15) is 74.9 Å². The smallest absolute Gasteiger partial charge is 0.195 e. The Morgan fingerprint density at radius 2 is 0.372 bits per heavy atom. The molecule has 0 spiro atoms. The molecule has 3 heterocycles. The number of hydrogen-bond donors (Lipinski definition) is 0. The molecule has 9 nitrogen and oxygen atoms in total. The summed E-state index contributed by atoms with van der Waals surface area (Å²) in [6.07, 6.45) is 0. The Hall–Kier alpha value is -18.9. The van der Waals surface area contributed by atoms with Crippen molar-refractivity contribution in [2.24, 2.45) is 0 Å². The standard InChI is InChI=1S/C50H35N3.C44H31N3.C42H29N3/c1-50(2)43-18-11-19-45(51-3)48(43)42-29-28-40(31-44(42)50)39-16-10-17-41(30-39)49-52-46(37-24-20-35(21-25-37)33-12-6-4-7-13-33)32-47(53-49)38-26-22-36(23-27-38)34-14-8-5-9-15-34;1-44(2)37-21-12-22-39(45-3)42(37)36-24-23-33(27-38(36)44)32-18-10-19-34(25-32)41-28-40(30-15-8-5-9-16-30)46-43(47-41)35-20-11-17-31(26-35)29-13-6-4-7-14-29;1-42(2)35-17-10-18-37(43-3)40(35)34-22-21-31(25-36(34)42)30-15-9-16-32(23-30)39-26-38(28-12-5-4-6-13-28)44-41(45-39)33-20-19-27-11-7-8-14-29(27)24-33/h4-32H,1-2H3;4-28H,1-2H3;4-26H,1-2H3. The zero-order valence-corrected chi connectivity index (χ0v) is 81.0. The summed E-state index contributed by atoms with van der Waals surface area (Å²) in [5.41, 5.74) is 43.7. The van der Waals surface area contributed by atoms with Gasteiger partial charge in [-0.1, -0.05) is 442 Å². The predicted molar refractivity (Wildman–Crippen MR) is 597 cm³/mol. The van der Waals surface area contributed by atoms with E-state index in [2.05, 4.69) is 432 Å². The maximum atomic E-state index is 7.81. The van der Waals surface area contributed by atoms with Gasteiger partial charge < -0.3 is 0 Å². The van der Waals surface area contributed by atoms with Crippen molar-refractivity contribution >= 4 is 27.8 Å². The molecule has 25 rings (SSSR count). The minimum Gasteiger partial charge on any atom is -0.238 e. The largest absolute Gasteiger partial charge is 0.238 e. The second-order valence-electron chi connectivity index (χ2n) is 38.8. The van der Waals surface area contributed by atoms with Gasteiger partial charge >= 0.3 is 0 Å². The SMILES string of the molecule is [C-]#[N+]c1cccc2c1-c1ccc(-c3cccc(-c4cc(-c5ccccc5)nc(-c5ccc6ccccc6c5)n4)c3)cc1C2(C)C.[C-]#[N+]c1cccc2c1-c1ccc(-c3cccc(-c4cc(-c5ccccc5)nc(-c5cccc(-c6ccccc6)c5)n4)c3)cc1C2(C)C.[C-]#[N+]c1cccc2c1-c1ccc(-c3cccc(-c4nc(-c5ccc(-c6ccccc6)cc5)cc(-c5ccc(-c6ccccc6)cc5)n4)c3)cc1C2(C)C. The van der Waals surface area contributed by atoms with Crippen LogP contribution in [0.25, 0.3) is 227 Å². The fourth-order valence-corrected chi connectivity index (χ4v) is 21.2. The van der Waals surface area contributed by atoms with Crippen LogP contribution in [0.3, 0.4) is 0 Å². The van der Waals surface area contributed by atoms with E-state index in [1.165, 1.54) is 61.0 Å². The van der Waals surface area contributed by atoms with Crippen molar-refractivity contribution in [1.82, 2.24) is 29.9 Å². The normalized spacial score (nSPS) is 12.6. The molecule has 0 radical (unpaired) electrons. The molecule has 0 N–H and O–H groups in total. The molecule has 3 aromatic heterocycles. The average molecular weight is 1860 g/mol. The number of hydrogen-bond acceptors (Lipinski definition) is 6. The molecule has 9 heteroatoms. The molecule has 0 unspecified atom stereocenters. The monoisotopic (exact) mass is 1850 g/mol. The van der Waals surface area contributed by atoms with Crippen molar-refractivity contribution < 1.29 is 0 Å².